The van der Waals surface area contributed by atoms with Gasteiger partial charge in [-0.2, -0.15) is 0 Å². The van der Waals surface area contributed by atoms with Crippen LogP contribution in [0.2, 0.25) is 0 Å². The molecule has 0 N–H and O–H groups in total. The third-order valence-electron chi connectivity index (χ3n) is 1.02. The maximum atomic E-state index is 10.4. The number of rotatable bonds is 3. The highest BCUT2D eigenvalue weighted by atomic mass is 19.1. The van der Waals surface area contributed by atoms with E-state index in [1.54, 1.807) is 0 Å². The predicted octanol–water partition coefficient (Wildman–Crippen LogP) is 1.14. The van der Waals surface area contributed by atoms with Gasteiger partial charge < -0.3 is 9.22 Å². The van der Waals surface area contributed by atoms with Crippen molar-refractivity contribution in [2.75, 3.05) is 20.6 Å². The zero-order chi connectivity index (χ0) is 9.11. The second-order valence-electron chi connectivity index (χ2n) is 2.45. The van der Waals surface area contributed by atoms with Gasteiger partial charge >= 0.3 is 7.56 Å². The van der Waals surface area contributed by atoms with E-state index in [-0.39, 0.29) is 0 Å². The van der Waals surface area contributed by atoms with Crippen LogP contribution in [-0.4, -0.2) is 33.1 Å². The van der Waals surface area contributed by atoms with Crippen LogP contribution in [0.3, 0.4) is 0 Å². The van der Waals surface area contributed by atoms with Gasteiger partial charge in [-0.1, -0.05) is 13.3 Å². The van der Waals surface area contributed by atoms with E-state index in [2.05, 4.69) is 25.9 Å². The first-order valence-corrected chi connectivity index (χ1v) is 3.76. The summed E-state index contributed by atoms with van der Waals surface area (Å²) in [7, 11) is 3.34. The molecule has 0 aromatic carbocycles. The summed E-state index contributed by atoms with van der Waals surface area (Å²) in [6.07, 6.45) is 2.63. The first-order chi connectivity index (χ1) is 5.18. The van der Waals surface area contributed by atoms with Crippen LogP contribution in [0.15, 0.2) is 0 Å². The fraction of sp³-hybridized carbons (Fsp3) is 0.857. The molecule has 0 saturated heterocycles. The standard InChI is InChI=1S/C6H15N.CHBFN/c1-4-5-6-7(2)3;3-2-1-4/h4-6H2,1-3H3;2H. The van der Waals surface area contributed by atoms with Crippen molar-refractivity contribution in [3.63, 3.8) is 0 Å². The average Bonchev–Trinajstić information content (AvgIpc) is 2.01. The molecule has 0 saturated carbocycles. The van der Waals surface area contributed by atoms with Crippen LogP contribution in [0.5, 0.6) is 0 Å². The van der Waals surface area contributed by atoms with E-state index in [0.29, 0.717) is 0 Å². The molecular weight excluding hydrogens is 142 g/mol. The van der Waals surface area contributed by atoms with Gasteiger partial charge in [0.25, 0.3) is 0 Å². The minimum atomic E-state index is -0.875. The lowest BCUT2D eigenvalue weighted by Crippen LogP contribution is -2.12. The molecule has 11 heavy (non-hydrogen) atoms. The third-order valence-corrected chi connectivity index (χ3v) is 1.02. The van der Waals surface area contributed by atoms with Crippen molar-refractivity contribution in [3.8, 4) is 5.97 Å². The summed E-state index contributed by atoms with van der Waals surface area (Å²) >= 11 is 0. The molecular formula is C7H16BFN2. The molecule has 0 aliphatic rings. The Morgan fingerprint density at radius 1 is 1.55 bits per heavy atom. The van der Waals surface area contributed by atoms with E-state index in [0.717, 1.165) is 0 Å². The fourth-order valence-corrected chi connectivity index (χ4v) is 0.474. The molecule has 0 fully saturated rings. The number of hydrogen-bond acceptors (Lipinski definition) is 2. The van der Waals surface area contributed by atoms with Gasteiger partial charge in [-0.05, 0) is 27.1 Å². The first kappa shape index (κ1) is 13.1. The Morgan fingerprint density at radius 2 is 2.00 bits per heavy atom. The second kappa shape index (κ2) is 12.2. The van der Waals surface area contributed by atoms with Gasteiger partial charge in [0.15, 0.2) is 0 Å². The molecule has 0 heterocycles. The monoisotopic (exact) mass is 158 g/mol. The van der Waals surface area contributed by atoms with Crippen molar-refractivity contribution in [1.82, 2.24) is 4.90 Å². The smallest absolute Gasteiger partial charge is 0.319 e. The molecule has 64 valence electrons. The molecule has 0 aromatic rings. The molecule has 0 rings (SSSR count). The molecule has 0 unspecified atom stereocenters. The van der Waals surface area contributed by atoms with E-state index in [9.17, 15) is 4.32 Å². The van der Waals surface area contributed by atoms with Gasteiger partial charge in [-0.3, -0.25) is 0 Å². The molecule has 0 bridgehead atoms. The number of nitrogens with zero attached hydrogens (tertiary/aromatic N) is 2. The summed E-state index contributed by atoms with van der Waals surface area (Å²) < 4.78 is 10.4. The molecule has 0 aliphatic heterocycles. The molecule has 0 spiro atoms. The van der Waals surface area contributed by atoms with Crippen molar-refractivity contribution < 1.29 is 4.32 Å². The van der Waals surface area contributed by atoms with Crippen LogP contribution >= 0.6 is 0 Å². The lowest BCUT2D eigenvalue weighted by Gasteiger charge is -2.05. The third kappa shape index (κ3) is 26.5. The molecule has 0 aliphatic carbocycles. The van der Waals surface area contributed by atoms with Gasteiger partial charge in [0.05, 0.1) is 0 Å². The zero-order valence-corrected chi connectivity index (χ0v) is 7.60. The topological polar surface area (TPSA) is 27.0 Å². The fourth-order valence-electron chi connectivity index (χ4n) is 0.474. The number of hydrogen-bond donors (Lipinski definition) is 0. The SMILES string of the molecule is CCCCN(C)C.N#CBF. The van der Waals surface area contributed by atoms with Crippen molar-refractivity contribution in [1.29, 1.82) is 5.26 Å². The maximum absolute atomic E-state index is 10.4. The summed E-state index contributed by atoms with van der Waals surface area (Å²) in [6, 6.07) is 0. The Hall–Kier alpha value is -0.555. The normalized spacial score (nSPS) is 8.00. The molecule has 2 nitrogen and oxygen atoms in total. The average molecular weight is 158 g/mol. The van der Waals surface area contributed by atoms with Crippen LogP contribution in [0.4, 0.5) is 4.32 Å². The minimum absolute atomic E-state index is 0.875. The van der Waals surface area contributed by atoms with E-state index in [1.165, 1.54) is 25.4 Å². The summed E-state index contributed by atoms with van der Waals surface area (Å²) in [5, 5.41) is 7.25. The molecule has 0 radical (unpaired) electrons. The van der Waals surface area contributed by atoms with Gasteiger partial charge in [0.1, 0.15) is 0 Å². The second-order valence-corrected chi connectivity index (χ2v) is 2.45. The van der Waals surface area contributed by atoms with Crippen LogP contribution in [-0.2, 0) is 0 Å². The number of nitriles is 1. The molecule has 0 aromatic heterocycles. The summed E-state index contributed by atoms with van der Waals surface area (Å²) in [4.78, 5) is 2.21. The van der Waals surface area contributed by atoms with Crippen LogP contribution in [0.25, 0.3) is 0 Å². The Morgan fingerprint density at radius 3 is 2.09 bits per heavy atom. The largest absolute Gasteiger partial charge is 0.445 e. The van der Waals surface area contributed by atoms with Crippen molar-refractivity contribution in [3.05, 3.63) is 0 Å². The minimum Gasteiger partial charge on any atom is -0.319 e. The van der Waals surface area contributed by atoms with Crippen LogP contribution in [0, 0.1) is 11.2 Å². The predicted molar refractivity (Wildman–Crippen MR) is 47.3 cm³/mol. The Kier molecular flexibility index (Phi) is 14.4. The first-order valence-electron chi connectivity index (χ1n) is 3.76. The molecule has 4 heteroatoms. The van der Waals surface area contributed by atoms with E-state index < -0.39 is 7.56 Å². The zero-order valence-electron chi connectivity index (χ0n) is 7.60. The number of halogens is 1. The Balaban J connectivity index is 0. The summed E-state index contributed by atoms with van der Waals surface area (Å²) in [6.45, 7) is 3.44. The van der Waals surface area contributed by atoms with Crippen molar-refractivity contribution >= 4 is 7.56 Å². The van der Waals surface area contributed by atoms with Gasteiger partial charge in [-0.25, -0.2) is 5.26 Å². The van der Waals surface area contributed by atoms with Crippen molar-refractivity contribution in [2.24, 2.45) is 0 Å². The van der Waals surface area contributed by atoms with Crippen molar-refractivity contribution in [2.45, 2.75) is 19.8 Å². The lowest BCUT2D eigenvalue weighted by molar-refractivity contribution is 0.398. The Labute approximate surface area is 69.3 Å². The van der Waals surface area contributed by atoms with Gasteiger partial charge in [-0.15, -0.1) is 0 Å². The molecule has 0 amide bonds. The highest BCUT2D eigenvalue weighted by Gasteiger charge is 1.83. The van der Waals surface area contributed by atoms with E-state index in [4.69, 9.17) is 5.26 Å². The summed E-state index contributed by atoms with van der Waals surface area (Å²) in [5.41, 5.74) is 0. The van der Waals surface area contributed by atoms with Gasteiger partial charge in [0.2, 0.25) is 0 Å². The quantitative estimate of drug-likeness (QED) is 0.575. The number of unbranched alkanes of at least 4 members (excludes halogenated alkanes) is 1. The van der Waals surface area contributed by atoms with Gasteiger partial charge in [0, 0.05) is 5.97 Å². The summed E-state index contributed by atoms with van der Waals surface area (Å²) in [5.74, 6) is 1.26. The van der Waals surface area contributed by atoms with E-state index >= 15 is 0 Å². The van der Waals surface area contributed by atoms with Crippen LogP contribution < -0.4 is 0 Å². The highest BCUT2D eigenvalue weighted by molar-refractivity contribution is 6.36. The molecule has 0 atom stereocenters. The Bertz CT molecular complexity index is 101. The van der Waals surface area contributed by atoms with Crippen LogP contribution in [0.1, 0.15) is 19.8 Å². The highest BCUT2D eigenvalue weighted by Crippen LogP contribution is 1.86. The van der Waals surface area contributed by atoms with E-state index in [1.807, 2.05) is 0 Å². The maximum Gasteiger partial charge on any atom is 0.445 e. The lowest BCUT2D eigenvalue weighted by atomic mass is 10.1.